The Morgan fingerprint density at radius 2 is 2.10 bits per heavy atom. The molecule has 4 nitrogen and oxygen atoms in total. The van der Waals surface area contributed by atoms with Crippen molar-refractivity contribution in [2.24, 2.45) is 5.92 Å². The second-order valence-corrected chi connectivity index (χ2v) is 4.67. The maximum Gasteiger partial charge on any atom is 0.307 e. The fourth-order valence-corrected chi connectivity index (χ4v) is 2.72. The summed E-state index contributed by atoms with van der Waals surface area (Å²) in [6.45, 7) is 0. The van der Waals surface area contributed by atoms with E-state index >= 15 is 0 Å². The van der Waals surface area contributed by atoms with Crippen LogP contribution in [0.4, 0.5) is 0 Å². The fourth-order valence-electron chi connectivity index (χ4n) is 0.990. The van der Waals surface area contributed by atoms with Crippen molar-refractivity contribution in [3.8, 4) is 0 Å². The van der Waals surface area contributed by atoms with Crippen LogP contribution in [0, 0.1) is 5.92 Å². The molecule has 0 aromatic rings. The summed E-state index contributed by atoms with van der Waals surface area (Å²) in [5.41, 5.74) is 0. The van der Waals surface area contributed by atoms with Gasteiger partial charge in [0.05, 0.1) is 17.4 Å². The van der Waals surface area contributed by atoms with Gasteiger partial charge in [-0.2, -0.15) is 0 Å². The molecule has 0 aliphatic carbocycles. The fraction of sp³-hybridized carbons (Fsp3) is 0.800. The van der Waals surface area contributed by atoms with E-state index in [1.54, 1.807) is 0 Å². The van der Waals surface area contributed by atoms with Crippen LogP contribution in [0.3, 0.4) is 0 Å². The molecule has 0 aromatic carbocycles. The minimum Gasteiger partial charge on any atom is -0.481 e. The first-order valence-electron chi connectivity index (χ1n) is 2.94. The highest BCUT2D eigenvalue weighted by atomic mass is 32.2. The second-order valence-electron chi connectivity index (χ2n) is 2.44. The highest BCUT2D eigenvalue weighted by Crippen LogP contribution is 2.17. The van der Waals surface area contributed by atoms with Crippen LogP contribution in [-0.4, -0.2) is 31.0 Å². The number of carbonyl (C=O) groups is 1. The summed E-state index contributed by atoms with van der Waals surface area (Å²) in [6.07, 6.45) is 0.275. The highest BCUT2D eigenvalue weighted by molar-refractivity contribution is 7.91. The molecular weight excluding hydrogens is 156 g/mol. The topological polar surface area (TPSA) is 71.4 Å². The number of carboxylic acids is 1. The van der Waals surface area contributed by atoms with Crippen LogP contribution in [0.1, 0.15) is 6.42 Å². The van der Waals surface area contributed by atoms with Crippen LogP contribution in [0.25, 0.3) is 0 Å². The van der Waals surface area contributed by atoms with E-state index in [1.165, 1.54) is 0 Å². The molecule has 1 N–H and O–H groups in total. The summed E-state index contributed by atoms with van der Waals surface area (Å²) >= 11 is 0. The quantitative estimate of drug-likeness (QED) is 0.567. The first kappa shape index (κ1) is 7.53. The molecule has 0 unspecified atom stereocenters. The Bertz CT molecular complexity index is 240. The number of rotatable bonds is 1. The van der Waals surface area contributed by atoms with Crippen LogP contribution in [0.5, 0.6) is 0 Å². The van der Waals surface area contributed by atoms with Crippen LogP contribution in [0.2, 0.25) is 0 Å². The molecule has 10 heavy (non-hydrogen) atoms. The molecule has 1 aliphatic heterocycles. The molecule has 0 bridgehead atoms. The van der Waals surface area contributed by atoms with Gasteiger partial charge in [0.1, 0.15) is 0 Å². The van der Waals surface area contributed by atoms with E-state index in [9.17, 15) is 13.2 Å². The summed E-state index contributed by atoms with van der Waals surface area (Å²) in [4.78, 5) is 10.2. The standard InChI is InChI=1S/C5H8O4S/c6-5(7)4-1-2-10(8,9)3-4/h4H,1-3H2,(H,6,7)/t4-/m1/s1. The molecule has 1 atom stereocenters. The lowest BCUT2D eigenvalue weighted by Crippen LogP contribution is -2.14. The van der Waals surface area contributed by atoms with E-state index < -0.39 is 21.7 Å². The highest BCUT2D eigenvalue weighted by Gasteiger charge is 2.32. The molecule has 1 saturated heterocycles. The Morgan fingerprint density at radius 3 is 2.30 bits per heavy atom. The number of aliphatic carboxylic acids is 1. The molecular formula is C5H8O4S. The normalized spacial score (nSPS) is 30.2. The van der Waals surface area contributed by atoms with Crippen molar-refractivity contribution in [2.75, 3.05) is 11.5 Å². The van der Waals surface area contributed by atoms with Crippen molar-refractivity contribution in [3.05, 3.63) is 0 Å². The lowest BCUT2D eigenvalue weighted by molar-refractivity contribution is -0.140. The Balaban J connectivity index is 2.69. The zero-order valence-electron chi connectivity index (χ0n) is 5.28. The minimum absolute atomic E-state index is 0.0317. The maximum absolute atomic E-state index is 10.7. The van der Waals surface area contributed by atoms with Gasteiger partial charge in [0.15, 0.2) is 9.84 Å². The van der Waals surface area contributed by atoms with E-state index in [0.29, 0.717) is 0 Å². The van der Waals surface area contributed by atoms with E-state index in [0.717, 1.165) is 0 Å². The molecule has 0 saturated carbocycles. The first-order valence-corrected chi connectivity index (χ1v) is 4.76. The average molecular weight is 164 g/mol. The molecule has 0 radical (unpaired) electrons. The van der Waals surface area contributed by atoms with E-state index in [2.05, 4.69) is 0 Å². The minimum atomic E-state index is -3.02. The summed E-state index contributed by atoms with van der Waals surface area (Å²) in [5, 5.41) is 8.38. The predicted octanol–water partition coefficient (Wildman–Crippen LogP) is -0.494. The van der Waals surface area contributed by atoms with Gasteiger partial charge >= 0.3 is 5.97 Å². The van der Waals surface area contributed by atoms with Crippen LogP contribution in [0.15, 0.2) is 0 Å². The Labute approximate surface area is 58.8 Å². The van der Waals surface area contributed by atoms with Crippen molar-refractivity contribution in [1.82, 2.24) is 0 Å². The van der Waals surface area contributed by atoms with Gasteiger partial charge in [-0.05, 0) is 6.42 Å². The zero-order chi connectivity index (χ0) is 7.78. The lowest BCUT2D eigenvalue weighted by atomic mass is 10.1. The first-order chi connectivity index (χ1) is 4.51. The molecule has 58 valence electrons. The van der Waals surface area contributed by atoms with Gasteiger partial charge in [-0.25, -0.2) is 8.42 Å². The van der Waals surface area contributed by atoms with Crippen molar-refractivity contribution in [1.29, 1.82) is 0 Å². The number of hydrogen-bond acceptors (Lipinski definition) is 3. The van der Waals surface area contributed by atoms with Gasteiger partial charge in [0.2, 0.25) is 0 Å². The Hall–Kier alpha value is -0.580. The van der Waals surface area contributed by atoms with Crippen molar-refractivity contribution in [3.63, 3.8) is 0 Å². The molecule has 0 aromatic heterocycles. The van der Waals surface area contributed by atoms with Crippen molar-refractivity contribution in [2.45, 2.75) is 6.42 Å². The van der Waals surface area contributed by atoms with Crippen LogP contribution >= 0.6 is 0 Å². The van der Waals surface area contributed by atoms with Gasteiger partial charge < -0.3 is 5.11 Å². The summed E-state index contributed by atoms with van der Waals surface area (Å²) in [6, 6.07) is 0. The molecule has 1 heterocycles. The third-order valence-corrected chi connectivity index (χ3v) is 3.35. The molecule has 1 aliphatic rings. The average Bonchev–Trinajstić information content (AvgIpc) is 2.10. The third kappa shape index (κ3) is 1.47. The van der Waals surface area contributed by atoms with Crippen molar-refractivity contribution >= 4 is 15.8 Å². The van der Waals surface area contributed by atoms with E-state index in [1.807, 2.05) is 0 Å². The SMILES string of the molecule is O=C(O)[C@@H]1CCS(=O)(=O)C1. The lowest BCUT2D eigenvalue weighted by Gasteiger charge is -1.95. The Morgan fingerprint density at radius 1 is 1.50 bits per heavy atom. The van der Waals surface area contributed by atoms with Gasteiger partial charge in [-0.1, -0.05) is 0 Å². The smallest absolute Gasteiger partial charge is 0.307 e. The van der Waals surface area contributed by atoms with Crippen LogP contribution < -0.4 is 0 Å². The third-order valence-electron chi connectivity index (χ3n) is 1.58. The summed E-state index contributed by atoms with van der Waals surface area (Å²) in [7, 11) is -3.02. The maximum atomic E-state index is 10.7. The van der Waals surface area contributed by atoms with Gasteiger partial charge in [0.25, 0.3) is 0 Å². The molecule has 5 heteroatoms. The largest absolute Gasteiger partial charge is 0.481 e. The van der Waals surface area contributed by atoms with E-state index in [4.69, 9.17) is 5.11 Å². The van der Waals surface area contributed by atoms with Gasteiger partial charge in [0, 0.05) is 0 Å². The van der Waals surface area contributed by atoms with Crippen molar-refractivity contribution < 1.29 is 18.3 Å². The van der Waals surface area contributed by atoms with Gasteiger partial charge in [-0.15, -0.1) is 0 Å². The van der Waals surface area contributed by atoms with E-state index in [-0.39, 0.29) is 17.9 Å². The molecule has 0 spiro atoms. The summed E-state index contributed by atoms with van der Waals surface area (Å²) in [5.74, 6) is -1.81. The number of sulfone groups is 1. The number of carboxylic acid groups (broad SMARTS) is 1. The van der Waals surface area contributed by atoms with Gasteiger partial charge in [-0.3, -0.25) is 4.79 Å². The number of hydrogen-bond donors (Lipinski definition) is 1. The zero-order valence-corrected chi connectivity index (χ0v) is 6.10. The second kappa shape index (κ2) is 2.23. The monoisotopic (exact) mass is 164 g/mol. The molecule has 0 amide bonds. The molecule has 1 fully saturated rings. The van der Waals surface area contributed by atoms with Crippen LogP contribution in [-0.2, 0) is 14.6 Å². The summed E-state index contributed by atoms with van der Waals surface area (Å²) < 4.78 is 21.4. The molecule has 1 rings (SSSR count). The Kier molecular flexibility index (Phi) is 1.68. The predicted molar refractivity (Wildman–Crippen MR) is 34.4 cm³/mol.